The number of nitrogens with zero attached hydrogens (tertiary/aromatic N) is 1. The molecule has 0 aromatic heterocycles. The number of rotatable bonds is 4. The number of carbonyl (C=O) groups is 2. The van der Waals surface area contributed by atoms with Gasteiger partial charge in [-0.05, 0) is 23.6 Å². The van der Waals surface area contributed by atoms with Crippen LogP contribution in [-0.2, 0) is 16.1 Å². The van der Waals surface area contributed by atoms with E-state index >= 15 is 0 Å². The summed E-state index contributed by atoms with van der Waals surface area (Å²) < 4.78 is 18.3. The van der Waals surface area contributed by atoms with Gasteiger partial charge < -0.3 is 9.84 Å². The van der Waals surface area contributed by atoms with Crippen LogP contribution in [0.4, 0.5) is 9.18 Å². The maximum Gasteiger partial charge on any atom is 0.411 e. The van der Waals surface area contributed by atoms with Gasteiger partial charge in [0.1, 0.15) is 11.9 Å². The van der Waals surface area contributed by atoms with Crippen LogP contribution >= 0.6 is 0 Å². The molecule has 5 nitrogen and oxygen atoms in total. The summed E-state index contributed by atoms with van der Waals surface area (Å²) in [7, 11) is 0. The molecule has 1 aromatic carbocycles. The smallest absolute Gasteiger partial charge is 0.411 e. The van der Waals surface area contributed by atoms with E-state index in [0.29, 0.717) is 5.56 Å². The van der Waals surface area contributed by atoms with Crippen LogP contribution in [0.3, 0.4) is 0 Å². The number of carbonyl (C=O) groups excluding carboxylic acids is 1. The number of aliphatic carboxylic acids is 1. The van der Waals surface area contributed by atoms with Gasteiger partial charge in [0.05, 0.1) is 6.54 Å². The maximum absolute atomic E-state index is 13.1. The van der Waals surface area contributed by atoms with E-state index in [4.69, 9.17) is 4.74 Å². The minimum Gasteiger partial charge on any atom is -0.480 e. The lowest BCUT2D eigenvalue weighted by Gasteiger charge is -2.22. The molecule has 0 aliphatic carbocycles. The quantitative estimate of drug-likeness (QED) is 0.919. The first-order valence-electron chi connectivity index (χ1n) is 6.34. The summed E-state index contributed by atoms with van der Waals surface area (Å²) in [6.07, 6.45) is -1.38. The van der Waals surface area contributed by atoms with Crippen LogP contribution in [0.1, 0.15) is 19.4 Å². The largest absolute Gasteiger partial charge is 0.480 e. The van der Waals surface area contributed by atoms with E-state index in [1.807, 2.05) is 0 Å². The Labute approximate surface area is 116 Å². The van der Waals surface area contributed by atoms with Crippen molar-refractivity contribution in [1.29, 1.82) is 0 Å². The summed E-state index contributed by atoms with van der Waals surface area (Å²) in [4.78, 5) is 24.3. The average molecular weight is 281 g/mol. The highest BCUT2D eigenvalue weighted by molar-refractivity contribution is 5.83. The van der Waals surface area contributed by atoms with Gasteiger partial charge in [-0.25, -0.2) is 14.0 Å². The van der Waals surface area contributed by atoms with Gasteiger partial charge in [0.2, 0.25) is 0 Å². The van der Waals surface area contributed by atoms with Gasteiger partial charge in [-0.3, -0.25) is 4.90 Å². The standard InChI is InChI=1S/C14H16FNO4/c1-8(2)12-11(13(17)18)16(14(19)20-12)7-9-4-3-5-10(15)6-9/h3-6,8,11-12H,7H2,1-2H3,(H,17,18)/t11-,12+/m1/s1. The predicted molar refractivity (Wildman–Crippen MR) is 68.5 cm³/mol. The normalized spacial score (nSPS) is 22.2. The van der Waals surface area contributed by atoms with Crippen LogP contribution in [0.5, 0.6) is 0 Å². The number of carboxylic acid groups (broad SMARTS) is 1. The first kappa shape index (κ1) is 14.3. The number of cyclic esters (lactones) is 1. The highest BCUT2D eigenvalue weighted by Crippen LogP contribution is 2.27. The van der Waals surface area contributed by atoms with Crippen LogP contribution in [0, 0.1) is 11.7 Å². The van der Waals surface area contributed by atoms with Crippen molar-refractivity contribution in [3.8, 4) is 0 Å². The Kier molecular flexibility index (Phi) is 3.92. The first-order valence-corrected chi connectivity index (χ1v) is 6.34. The second-order valence-corrected chi connectivity index (χ2v) is 5.13. The van der Waals surface area contributed by atoms with E-state index in [2.05, 4.69) is 0 Å². The fourth-order valence-electron chi connectivity index (χ4n) is 2.31. The van der Waals surface area contributed by atoms with Gasteiger partial charge in [-0.1, -0.05) is 26.0 Å². The molecule has 1 amide bonds. The van der Waals surface area contributed by atoms with Crippen molar-refractivity contribution in [1.82, 2.24) is 4.90 Å². The summed E-state index contributed by atoms with van der Waals surface area (Å²) in [5, 5.41) is 9.31. The minimum absolute atomic E-state index is 0.0107. The van der Waals surface area contributed by atoms with Crippen molar-refractivity contribution >= 4 is 12.1 Å². The van der Waals surface area contributed by atoms with Crippen LogP contribution in [-0.4, -0.2) is 34.2 Å². The van der Waals surface area contributed by atoms with Gasteiger partial charge >= 0.3 is 12.1 Å². The molecule has 0 unspecified atom stereocenters. The molecular formula is C14H16FNO4. The van der Waals surface area contributed by atoms with E-state index in [-0.39, 0.29) is 12.5 Å². The summed E-state index contributed by atoms with van der Waals surface area (Å²) in [5.74, 6) is -1.66. The zero-order chi connectivity index (χ0) is 14.9. The lowest BCUT2D eigenvalue weighted by atomic mass is 9.99. The van der Waals surface area contributed by atoms with E-state index in [1.54, 1.807) is 19.9 Å². The summed E-state index contributed by atoms with van der Waals surface area (Å²) in [6, 6.07) is 4.66. The molecular weight excluding hydrogens is 265 g/mol. The topological polar surface area (TPSA) is 66.8 Å². The fourth-order valence-corrected chi connectivity index (χ4v) is 2.31. The highest BCUT2D eigenvalue weighted by atomic mass is 19.1. The van der Waals surface area contributed by atoms with Gasteiger partial charge in [0, 0.05) is 0 Å². The van der Waals surface area contributed by atoms with Gasteiger partial charge in [-0.15, -0.1) is 0 Å². The predicted octanol–water partition coefficient (Wildman–Crippen LogP) is 2.26. The van der Waals surface area contributed by atoms with Crippen LogP contribution in [0.15, 0.2) is 24.3 Å². The number of carboxylic acids is 1. The lowest BCUT2D eigenvalue weighted by molar-refractivity contribution is -0.143. The Morgan fingerprint density at radius 2 is 2.20 bits per heavy atom. The summed E-state index contributed by atoms with van der Waals surface area (Å²) in [5.41, 5.74) is 0.526. The molecule has 1 fully saturated rings. The Hall–Kier alpha value is -2.11. The molecule has 1 N–H and O–H groups in total. The van der Waals surface area contributed by atoms with Gasteiger partial charge in [0.25, 0.3) is 0 Å². The molecule has 20 heavy (non-hydrogen) atoms. The third-order valence-electron chi connectivity index (χ3n) is 3.27. The third kappa shape index (κ3) is 2.74. The molecule has 6 heteroatoms. The molecule has 0 spiro atoms. The number of hydrogen-bond acceptors (Lipinski definition) is 3. The molecule has 2 atom stereocenters. The fraction of sp³-hybridized carbons (Fsp3) is 0.429. The Morgan fingerprint density at radius 3 is 2.75 bits per heavy atom. The zero-order valence-electron chi connectivity index (χ0n) is 11.2. The number of halogens is 1. The van der Waals surface area contributed by atoms with Crippen molar-refractivity contribution in [2.24, 2.45) is 5.92 Å². The van der Waals surface area contributed by atoms with Crippen LogP contribution in [0.2, 0.25) is 0 Å². The molecule has 1 aliphatic heterocycles. The zero-order valence-corrected chi connectivity index (χ0v) is 11.2. The second-order valence-electron chi connectivity index (χ2n) is 5.13. The second kappa shape index (κ2) is 5.48. The van der Waals surface area contributed by atoms with Crippen molar-refractivity contribution in [2.75, 3.05) is 0 Å². The minimum atomic E-state index is -1.12. The van der Waals surface area contributed by atoms with Crippen LogP contribution < -0.4 is 0 Å². The Balaban J connectivity index is 2.24. The average Bonchev–Trinajstić information content (AvgIpc) is 2.67. The maximum atomic E-state index is 13.1. The highest BCUT2D eigenvalue weighted by Gasteiger charge is 2.47. The molecule has 1 saturated heterocycles. The van der Waals surface area contributed by atoms with Crippen molar-refractivity contribution < 1.29 is 23.8 Å². The molecule has 1 aliphatic rings. The van der Waals surface area contributed by atoms with E-state index in [1.165, 1.54) is 18.2 Å². The molecule has 0 bridgehead atoms. The van der Waals surface area contributed by atoms with Crippen molar-refractivity contribution in [2.45, 2.75) is 32.5 Å². The summed E-state index contributed by atoms with van der Waals surface area (Å²) in [6.45, 7) is 3.59. The third-order valence-corrected chi connectivity index (χ3v) is 3.27. The van der Waals surface area contributed by atoms with E-state index < -0.39 is 30.0 Å². The number of benzene rings is 1. The van der Waals surface area contributed by atoms with E-state index in [9.17, 15) is 19.1 Å². The Bertz CT molecular complexity index is 532. The summed E-state index contributed by atoms with van der Waals surface area (Å²) >= 11 is 0. The molecule has 0 radical (unpaired) electrons. The Morgan fingerprint density at radius 1 is 1.50 bits per heavy atom. The number of amides is 1. The van der Waals surface area contributed by atoms with Crippen LogP contribution in [0.25, 0.3) is 0 Å². The van der Waals surface area contributed by atoms with Gasteiger partial charge in [0.15, 0.2) is 6.04 Å². The van der Waals surface area contributed by atoms with E-state index in [0.717, 1.165) is 4.90 Å². The van der Waals surface area contributed by atoms with Crippen molar-refractivity contribution in [3.63, 3.8) is 0 Å². The van der Waals surface area contributed by atoms with Gasteiger partial charge in [-0.2, -0.15) is 0 Å². The molecule has 1 aromatic rings. The molecule has 1 heterocycles. The van der Waals surface area contributed by atoms with Crippen molar-refractivity contribution in [3.05, 3.63) is 35.6 Å². The monoisotopic (exact) mass is 281 g/mol. The molecule has 108 valence electrons. The molecule has 2 rings (SSSR count). The lowest BCUT2D eigenvalue weighted by Crippen LogP contribution is -2.44. The molecule has 0 saturated carbocycles. The number of ether oxygens (including phenoxy) is 1. The number of hydrogen-bond donors (Lipinski definition) is 1. The first-order chi connectivity index (χ1) is 9.40. The SMILES string of the molecule is CC(C)[C@@H]1OC(=O)N(Cc2cccc(F)c2)[C@H]1C(=O)O.